The second-order valence-electron chi connectivity index (χ2n) is 6.75. The molecule has 0 radical (unpaired) electrons. The Kier molecular flexibility index (Phi) is 5.68. The van der Waals surface area contributed by atoms with Gasteiger partial charge in [0.15, 0.2) is 0 Å². The maximum atomic E-state index is 2.45. The van der Waals surface area contributed by atoms with E-state index in [9.17, 15) is 0 Å². The number of benzene rings is 2. The van der Waals surface area contributed by atoms with Gasteiger partial charge in [0.1, 0.15) is 13.1 Å². The first-order valence-corrected chi connectivity index (χ1v) is 9.25. The molecule has 1 aliphatic rings. The van der Waals surface area contributed by atoms with E-state index in [0.29, 0.717) is 0 Å². The van der Waals surface area contributed by atoms with Gasteiger partial charge in [-0.05, 0) is 35.1 Å². The molecule has 3 rings (SSSR count). The van der Waals surface area contributed by atoms with Crippen molar-refractivity contribution in [2.45, 2.75) is 46.2 Å². The van der Waals surface area contributed by atoms with Crippen LogP contribution < -0.4 is 0 Å². The van der Waals surface area contributed by atoms with Gasteiger partial charge >= 0.3 is 0 Å². The molecule has 0 bridgehead atoms. The van der Waals surface area contributed by atoms with Gasteiger partial charge in [0.2, 0.25) is 6.34 Å². The first-order chi connectivity index (χ1) is 11.8. The molecule has 2 aromatic rings. The van der Waals surface area contributed by atoms with Gasteiger partial charge in [-0.25, -0.2) is 0 Å². The average Bonchev–Trinajstić information content (AvgIpc) is 2.63. The smallest absolute Gasteiger partial charge is 0.234 e. The number of hydrogen-bond donors (Lipinski definition) is 0. The van der Waals surface area contributed by atoms with Gasteiger partial charge in [0.25, 0.3) is 0 Å². The van der Waals surface area contributed by atoms with E-state index in [1.807, 2.05) is 0 Å². The lowest BCUT2D eigenvalue weighted by atomic mass is 10.1. The molecule has 24 heavy (non-hydrogen) atoms. The quantitative estimate of drug-likeness (QED) is 0.721. The van der Waals surface area contributed by atoms with E-state index in [2.05, 4.69) is 78.2 Å². The molecule has 0 N–H and O–H groups in total. The molecular formula is C22H29N2+. The fourth-order valence-corrected chi connectivity index (χ4v) is 3.29. The zero-order chi connectivity index (χ0) is 16.8. The van der Waals surface area contributed by atoms with E-state index in [0.717, 1.165) is 39.0 Å². The second-order valence-corrected chi connectivity index (χ2v) is 6.75. The SMILES string of the molecule is CCc1ccc(CN2C=[N+](Cc3ccc(CC)cc3)CCC2)cc1. The summed E-state index contributed by atoms with van der Waals surface area (Å²) in [5, 5.41) is 0. The maximum Gasteiger partial charge on any atom is 0.234 e. The van der Waals surface area contributed by atoms with Gasteiger partial charge in [0.05, 0.1) is 13.1 Å². The summed E-state index contributed by atoms with van der Waals surface area (Å²) in [4.78, 5) is 2.45. The highest BCUT2D eigenvalue weighted by Gasteiger charge is 2.17. The fraction of sp³-hybridized carbons (Fsp3) is 0.409. The molecular weight excluding hydrogens is 292 g/mol. The van der Waals surface area contributed by atoms with Crippen LogP contribution in [0, 0.1) is 0 Å². The Morgan fingerprint density at radius 2 is 1.33 bits per heavy atom. The van der Waals surface area contributed by atoms with Gasteiger partial charge < -0.3 is 0 Å². The standard InChI is InChI=1S/C22H29N2/c1-3-19-6-10-21(11-7-19)16-23-14-5-15-24(18-23)17-22-12-8-20(4-2)9-13-22/h6-13,18H,3-5,14-17H2,1-2H3/q+1. The van der Waals surface area contributed by atoms with E-state index in [1.165, 1.54) is 28.7 Å². The number of rotatable bonds is 6. The van der Waals surface area contributed by atoms with Crippen LogP contribution in [0.15, 0.2) is 48.5 Å². The van der Waals surface area contributed by atoms with Crippen molar-refractivity contribution in [1.82, 2.24) is 4.90 Å². The molecule has 1 aliphatic heterocycles. The van der Waals surface area contributed by atoms with Crippen molar-refractivity contribution in [3.05, 3.63) is 70.8 Å². The number of nitrogens with zero attached hydrogens (tertiary/aromatic N) is 2. The van der Waals surface area contributed by atoms with Crippen LogP contribution in [0.3, 0.4) is 0 Å². The first-order valence-electron chi connectivity index (χ1n) is 9.25. The molecule has 126 valence electrons. The normalized spacial score (nSPS) is 14.6. The van der Waals surface area contributed by atoms with Crippen molar-refractivity contribution in [2.24, 2.45) is 0 Å². The highest BCUT2D eigenvalue weighted by molar-refractivity contribution is 5.50. The topological polar surface area (TPSA) is 6.25 Å². The summed E-state index contributed by atoms with van der Waals surface area (Å²) in [6.45, 7) is 8.74. The van der Waals surface area contributed by atoms with Crippen molar-refractivity contribution >= 4 is 6.34 Å². The highest BCUT2D eigenvalue weighted by Crippen LogP contribution is 2.11. The Morgan fingerprint density at radius 1 is 0.792 bits per heavy atom. The van der Waals surface area contributed by atoms with Crippen molar-refractivity contribution in [3.63, 3.8) is 0 Å². The van der Waals surface area contributed by atoms with Gasteiger partial charge in [-0.15, -0.1) is 0 Å². The third-order valence-corrected chi connectivity index (χ3v) is 4.85. The van der Waals surface area contributed by atoms with Crippen molar-refractivity contribution in [2.75, 3.05) is 13.1 Å². The zero-order valence-electron chi connectivity index (χ0n) is 15.0. The minimum atomic E-state index is 1.01. The summed E-state index contributed by atoms with van der Waals surface area (Å²) >= 11 is 0. The van der Waals surface area contributed by atoms with Crippen molar-refractivity contribution in [1.29, 1.82) is 0 Å². The fourth-order valence-electron chi connectivity index (χ4n) is 3.29. The summed E-state index contributed by atoms with van der Waals surface area (Å²) in [5.74, 6) is 0. The summed E-state index contributed by atoms with van der Waals surface area (Å²) in [6, 6.07) is 18.1. The molecule has 0 atom stereocenters. The number of aryl methyl sites for hydroxylation is 2. The van der Waals surface area contributed by atoms with E-state index in [-0.39, 0.29) is 0 Å². The maximum absolute atomic E-state index is 2.45. The Hall–Kier alpha value is -2.09. The van der Waals surface area contributed by atoms with Crippen LogP contribution in [0.1, 0.15) is 42.5 Å². The van der Waals surface area contributed by atoms with E-state index < -0.39 is 0 Å². The lowest BCUT2D eigenvalue weighted by molar-refractivity contribution is -0.549. The molecule has 0 spiro atoms. The molecule has 0 unspecified atom stereocenters. The van der Waals surface area contributed by atoms with Crippen LogP contribution in [0.5, 0.6) is 0 Å². The highest BCUT2D eigenvalue weighted by atomic mass is 15.2. The van der Waals surface area contributed by atoms with E-state index in [1.54, 1.807) is 0 Å². The summed E-state index contributed by atoms with van der Waals surface area (Å²) in [7, 11) is 0. The molecule has 2 aromatic carbocycles. The van der Waals surface area contributed by atoms with Gasteiger partial charge in [0, 0.05) is 6.42 Å². The minimum absolute atomic E-state index is 1.01. The van der Waals surface area contributed by atoms with Crippen LogP contribution in [-0.4, -0.2) is 28.9 Å². The molecule has 0 saturated heterocycles. The Labute approximate surface area is 146 Å². The van der Waals surface area contributed by atoms with Crippen LogP contribution in [-0.2, 0) is 25.9 Å². The third kappa shape index (κ3) is 4.47. The summed E-state index contributed by atoms with van der Waals surface area (Å²) in [5.41, 5.74) is 5.63. The Bertz CT molecular complexity index is 668. The van der Waals surface area contributed by atoms with E-state index in [4.69, 9.17) is 0 Å². The van der Waals surface area contributed by atoms with E-state index >= 15 is 0 Å². The molecule has 1 heterocycles. The third-order valence-electron chi connectivity index (χ3n) is 4.85. The second kappa shape index (κ2) is 8.14. The van der Waals surface area contributed by atoms with Crippen LogP contribution in [0.25, 0.3) is 0 Å². The lowest BCUT2D eigenvalue weighted by Crippen LogP contribution is -2.35. The Balaban J connectivity index is 1.63. The summed E-state index contributed by atoms with van der Waals surface area (Å²) in [6.07, 6.45) is 5.78. The van der Waals surface area contributed by atoms with Crippen LogP contribution in [0.2, 0.25) is 0 Å². The Morgan fingerprint density at radius 3 is 1.92 bits per heavy atom. The molecule has 0 amide bonds. The average molecular weight is 321 g/mol. The van der Waals surface area contributed by atoms with Gasteiger partial charge in [-0.3, -0.25) is 9.48 Å². The largest absolute Gasteiger partial charge is 0.264 e. The monoisotopic (exact) mass is 321 g/mol. The first kappa shape index (κ1) is 16.8. The predicted octanol–water partition coefficient (Wildman–Crippen LogP) is 4.26. The predicted molar refractivity (Wildman–Crippen MR) is 102 cm³/mol. The number of hydrogen-bond acceptors (Lipinski definition) is 1. The molecule has 0 aromatic heterocycles. The minimum Gasteiger partial charge on any atom is -0.264 e. The molecule has 2 nitrogen and oxygen atoms in total. The lowest BCUT2D eigenvalue weighted by Gasteiger charge is -2.21. The molecule has 2 heteroatoms. The van der Waals surface area contributed by atoms with Crippen molar-refractivity contribution < 1.29 is 4.58 Å². The molecule has 0 fully saturated rings. The van der Waals surface area contributed by atoms with Crippen LogP contribution >= 0.6 is 0 Å². The van der Waals surface area contributed by atoms with Gasteiger partial charge in [-0.1, -0.05) is 62.4 Å². The summed E-state index contributed by atoms with van der Waals surface area (Å²) < 4.78 is 2.45. The molecule has 0 aliphatic carbocycles. The molecule has 0 saturated carbocycles. The van der Waals surface area contributed by atoms with Crippen molar-refractivity contribution in [3.8, 4) is 0 Å². The zero-order valence-corrected chi connectivity index (χ0v) is 15.0. The van der Waals surface area contributed by atoms with Gasteiger partial charge in [-0.2, -0.15) is 0 Å². The van der Waals surface area contributed by atoms with Crippen LogP contribution in [0.4, 0.5) is 0 Å².